The highest BCUT2D eigenvalue weighted by Gasteiger charge is 2.81. The Kier molecular flexibility index (Phi) is 7.85. The Balaban J connectivity index is 1.70. The summed E-state index contributed by atoms with van der Waals surface area (Å²) >= 11 is 6.55. The molecule has 2 aromatic rings. The molecule has 0 aliphatic carbocycles. The molecule has 3 unspecified atom stereocenters. The predicted molar refractivity (Wildman–Crippen MR) is 155 cm³/mol. The number of benzene rings is 2. The smallest absolute Gasteiger partial charge is 0.313 e. The second-order valence-corrected chi connectivity index (χ2v) is 11.6. The average Bonchev–Trinajstić information content (AvgIpc) is 3.48. The number of para-hydroxylation sites is 1. The molecule has 2 aromatic carbocycles. The van der Waals surface area contributed by atoms with Crippen LogP contribution in [0.4, 0.5) is 5.69 Å². The quantitative estimate of drug-likeness (QED) is 0.333. The maximum Gasteiger partial charge on any atom is 0.313 e. The van der Waals surface area contributed by atoms with Gasteiger partial charge < -0.3 is 24.4 Å². The average molecular weight is 579 g/mol. The van der Waals surface area contributed by atoms with Crippen LogP contribution in [0, 0.1) is 17.8 Å². The first-order valence-electron chi connectivity index (χ1n) is 13.8. The van der Waals surface area contributed by atoms with E-state index in [0.717, 1.165) is 0 Å². The highest BCUT2D eigenvalue weighted by Crippen LogP contribution is 2.66. The minimum atomic E-state index is -1.33. The zero-order valence-corrected chi connectivity index (χ0v) is 24.0. The Morgan fingerprint density at radius 1 is 1.20 bits per heavy atom. The maximum absolute atomic E-state index is 14.8. The van der Waals surface area contributed by atoms with Gasteiger partial charge in [0, 0.05) is 6.54 Å². The summed E-state index contributed by atoms with van der Waals surface area (Å²) in [5.41, 5.74) is -1.24. The van der Waals surface area contributed by atoms with Gasteiger partial charge >= 0.3 is 5.97 Å². The van der Waals surface area contributed by atoms with Gasteiger partial charge in [-0.05, 0) is 37.0 Å². The molecule has 7 atom stereocenters. The normalized spacial score (nSPS) is 30.5. The number of hydrogen-bond acceptors (Lipinski definition) is 6. The van der Waals surface area contributed by atoms with Crippen LogP contribution in [0.15, 0.2) is 79.9 Å². The van der Waals surface area contributed by atoms with Gasteiger partial charge in [-0.25, -0.2) is 0 Å². The van der Waals surface area contributed by atoms with Gasteiger partial charge in [-0.2, -0.15) is 0 Å². The van der Waals surface area contributed by atoms with Crippen molar-refractivity contribution < 1.29 is 29.0 Å². The van der Waals surface area contributed by atoms with E-state index < -0.39 is 59.5 Å². The number of anilines is 1. The number of aliphatic hydroxyl groups is 1. The van der Waals surface area contributed by atoms with Gasteiger partial charge in [0.1, 0.15) is 24.2 Å². The number of fused-ring (bicyclic) bond motifs is 1. The lowest BCUT2D eigenvalue weighted by molar-refractivity contribution is -0.161. The molecule has 8 nitrogen and oxygen atoms in total. The summed E-state index contributed by atoms with van der Waals surface area (Å²) in [7, 11) is 0. The third-order valence-electron chi connectivity index (χ3n) is 9.00. The number of likely N-dealkylation sites (tertiary alicyclic amines) is 1. The van der Waals surface area contributed by atoms with Crippen molar-refractivity contribution in [1.82, 2.24) is 4.90 Å². The van der Waals surface area contributed by atoms with Crippen molar-refractivity contribution in [3.05, 3.63) is 90.5 Å². The summed E-state index contributed by atoms with van der Waals surface area (Å²) in [6, 6.07) is 14.0. The fraction of sp³-hybridized carbons (Fsp3) is 0.406. The summed E-state index contributed by atoms with van der Waals surface area (Å²) in [5, 5.41) is 11.0. The molecule has 3 fully saturated rings. The van der Waals surface area contributed by atoms with E-state index in [4.69, 9.17) is 21.1 Å². The van der Waals surface area contributed by atoms with Crippen molar-refractivity contribution in [3.63, 3.8) is 0 Å². The molecule has 1 spiro atoms. The van der Waals surface area contributed by atoms with Crippen molar-refractivity contribution in [2.24, 2.45) is 17.8 Å². The summed E-state index contributed by atoms with van der Waals surface area (Å²) in [6.07, 6.45) is 3.43. The van der Waals surface area contributed by atoms with Gasteiger partial charge in [-0.15, -0.1) is 6.58 Å². The molecule has 41 heavy (non-hydrogen) atoms. The van der Waals surface area contributed by atoms with Crippen molar-refractivity contribution in [2.45, 2.75) is 43.6 Å². The number of amides is 2. The van der Waals surface area contributed by atoms with E-state index in [2.05, 4.69) is 13.2 Å². The van der Waals surface area contributed by atoms with E-state index >= 15 is 0 Å². The predicted octanol–water partition coefficient (Wildman–Crippen LogP) is 4.33. The Bertz CT molecular complexity index is 1370. The molecule has 2 amide bonds. The second kappa shape index (κ2) is 11.1. The molecule has 1 N–H and O–H groups in total. The highest BCUT2D eigenvalue weighted by molar-refractivity contribution is 6.34. The third-order valence-corrected chi connectivity index (χ3v) is 9.32. The van der Waals surface area contributed by atoms with Crippen molar-refractivity contribution in [3.8, 4) is 0 Å². The van der Waals surface area contributed by atoms with Gasteiger partial charge in [0.05, 0.1) is 34.9 Å². The van der Waals surface area contributed by atoms with Gasteiger partial charge in [0.15, 0.2) is 0 Å². The van der Waals surface area contributed by atoms with E-state index in [0.29, 0.717) is 22.7 Å². The number of aliphatic hydroxyl groups excluding tert-OH is 1. The fourth-order valence-electron chi connectivity index (χ4n) is 7.16. The van der Waals surface area contributed by atoms with Crippen LogP contribution < -0.4 is 4.90 Å². The first-order chi connectivity index (χ1) is 19.7. The molecule has 0 radical (unpaired) electrons. The van der Waals surface area contributed by atoms with Gasteiger partial charge in [0.2, 0.25) is 5.91 Å². The number of esters is 1. The van der Waals surface area contributed by atoms with E-state index in [9.17, 15) is 19.5 Å². The van der Waals surface area contributed by atoms with Crippen molar-refractivity contribution in [1.29, 1.82) is 0 Å². The molecule has 0 saturated carbocycles. The van der Waals surface area contributed by atoms with Crippen LogP contribution in [0.5, 0.6) is 0 Å². The zero-order valence-electron chi connectivity index (χ0n) is 23.2. The van der Waals surface area contributed by atoms with Crippen LogP contribution in [0.25, 0.3) is 0 Å². The van der Waals surface area contributed by atoms with Gasteiger partial charge in [0.25, 0.3) is 5.91 Å². The molecule has 3 saturated heterocycles. The summed E-state index contributed by atoms with van der Waals surface area (Å²) in [6.45, 7) is 10.9. The monoisotopic (exact) mass is 578 g/mol. The Morgan fingerprint density at radius 3 is 2.51 bits per heavy atom. The Hall–Kier alpha value is -3.46. The zero-order chi connectivity index (χ0) is 29.5. The molecule has 0 aromatic heterocycles. The van der Waals surface area contributed by atoms with Gasteiger partial charge in [-0.3, -0.25) is 14.4 Å². The third kappa shape index (κ3) is 4.40. The van der Waals surface area contributed by atoms with Crippen LogP contribution in [0.3, 0.4) is 0 Å². The second-order valence-electron chi connectivity index (χ2n) is 11.2. The minimum Gasteiger partial charge on any atom is -0.461 e. The van der Waals surface area contributed by atoms with Crippen LogP contribution in [0.2, 0.25) is 5.02 Å². The standard InChI is InChI=1S/C32H35ClN2O6/c1-5-16-34(23-15-11-10-14-22(23)33)29(38)27-32-18-20(3)31(4,41-32)26(30(39)40-17-6-2)25(32)28(37)35(27)24(19-36)21-12-8-7-9-13-21/h5-15,20,24-27,36H,1-2,16-19H2,3-4H3/t20?,24-,25+,26+,27?,31-,32?/m1/s1. The SMILES string of the molecule is C=CCOC(=O)[C@@H]1[C@H]2C(=O)N([C@H](CO)c3ccccc3)C(C(=O)N(CC=C)c3ccccc3Cl)C23CC(C)[C@@]1(C)O3. The summed E-state index contributed by atoms with van der Waals surface area (Å²) in [4.78, 5) is 45.8. The summed E-state index contributed by atoms with van der Waals surface area (Å²) in [5.74, 6) is -3.52. The summed E-state index contributed by atoms with van der Waals surface area (Å²) < 4.78 is 12.3. The fourth-order valence-corrected chi connectivity index (χ4v) is 7.40. The van der Waals surface area contributed by atoms with Crippen molar-refractivity contribution >= 4 is 35.1 Å². The molecule has 5 rings (SSSR count). The van der Waals surface area contributed by atoms with Crippen molar-refractivity contribution in [2.75, 3.05) is 24.7 Å². The van der Waals surface area contributed by atoms with E-state index in [1.807, 2.05) is 32.0 Å². The lowest BCUT2D eigenvalue weighted by atomic mass is 9.62. The highest BCUT2D eigenvalue weighted by atomic mass is 35.5. The number of nitrogens with zero attached hydrogens (tertiary/aromatic N) is 2. The van der Waals surface area contributed by atoms with E-state index in [-0.39, 0.29) is 19.1 Å². The maximum atomic E-state index is 14.8. The molecular weight excluding hydrogens is 544 g/mol. The first kappa shape index (κ1) is 29.0. The first-order valence-corrected chi connectivity index (χ1v) is 14.2. The van der Waals surface area contributed by atoms with Crippen LogP contribution in [0.1, 0.15) is 31.9 Å². The largest absolute Gasteiger partial charge is 0.461 e. The molecule has 3 aliphatic heterocycles. The number of carbonyl (C=O) groups is 3. The van der Waals surface area contributed by atoms with Gasteiger partial charge in [-0.1, -0.05) is 79.7 Å². The number of hydrogen-bond donors (Lipinski definition) is 1. The molecule has 3 heterocycles. The number of ether oxygens (including phenoxy) is 2. The molecule has 2 bridgehead atoms. The topological polar surface area (TPSA) is 96.4 Å². The number of halogens is 1. The molecular formula is C32H35ClN2O6. The molecule has 3 aliphatic rings. The van der Waals surface area contributed by atoms with E-state index in [1.165, 1.54) is 15.9 Å². The molecule has 9 heteroatoms. The lowest BCUT2D eigenvalue weighted by Crippen LogP contribution is -2.57. The number of carbonyl (C=O) groups excluding carboxylic acids is 3. The van der Waals surface area contributed by atoms with Crippen LogP contribution in [-0.4, -0.2) is 64.8 Å². The number of rotatable bonds is 10. The Morgan fingerprint density at radius 2 is 1.88 bits per heavy atom. The lowest BCUT2D eigenvalue weighted by Gasteiger charge is -2.39. The molecule has 216 valence electrons. The van der Waals surface area contributed by atoms with Crippen LogP contribution >= 0.6 is 11.6 Å². The van der Waals surface area contributed by atoms with Crippen LogP contribution in [-0.2, 0) is 23.9 Å². The minimum absolute atomic E-state index is 0.0112. The van der Waals surface area contributed by atoms with E-state index in [1.54, 1.807) is 42.5 Å². The Labute approximate surface area is 245 Å².